The Hall–Kier alpha value is -3.18. The third kappa shape index (κ3) is 4.21. The van der Waals surface area contributed by atoms with E-state index in [9.17, 15) is 14.0 Å². The molecule has 1 aliphatic heterocycles. The molecule has 1 heterocycles. The van der Waals surface area contributed by atoms with Gasteiger partial charge in [0.25, 0.3) is 0 Å². The van der Waals surface area contributed by atoms with Crippen LogP contribution in [0, 0.1) is 5.82 Å². The van der Waals surface area contributed by atoms with E-state index in [1.807, 2.05) is 30.3 Å². The summed E-state index contributed by atoms with van der Waals surface area (Å²) in [5.74, 6) is 0.195. The number of rotatable bonds is 6. The van der Waals surface area contributed by atoms with Crippen molar-refractivity contribution in [1.29, 1.82) is 0 Å². The van der Waals surface area contributed by atoms with Gasteiger partial charge in [0.05, 0.1) is 11.6 Å². The first-order valence-electron chi connectivity index (χ1n) is 9.58. The maximum atomic E-state index is 13.8. The highest BCUT2D eigenvalue weighted by Crippen LogP contribution is 2.34. The van der Waals surface area contributed by atoms with Crippen molar-refractivity contribution < 1.29 is 18.7 Å². The Morgan fingerprint density at radius 2 is 1.90 bits per heavy atom. The van der Waals surface area contributed by atoms with Crippen LogP contribution in [0.5, 0.6) is 11.5 Å². The molecule has 4 nitrogen and oxygen atoms in total. The number of hydrogen-bond donors (Lipinski definition) is 0. The minimum Gasteiger partial charge on any atom is -0.457 e. The van der Waals surface area contributed by atoms with Crippen molar-refractivity contribution in [3.8, 4) is 11.5 Å². The van der Waals surface area contributed by atoms with E-state index in [1.54, 1.807) is 29.2 Å². The summed E-state index contributed by atoms with van der Waals surface area (Å²) in [5, 5.41) is -0.00108. The molecule has 3 aromatic carbocycles. The number of aldehydes is 1. The van der Waals surface area contributed by atoms with Crippen LogP contribution in [0.15, 0.2) is 66.7 Å². The second-order valence-corrected chi connectivity index (χ2v) is 7.61. The number of nitrogens with zero attached hydrogens (tertiary/aromatic N) is 1. The summed E-state index contributed by atoms with van der Waals surface area (Å²) in [4.78, 5) is 26.0. The normalized spacial score (nSPS) is 16.0. The number of benzene rings is 3. The molecule has 0 saturated carbocycles. The maximum absolute atomic E-state index is 13.8. The van der Waals surface area contributed by atoms with Crippen LogP contribution in [0.2, 0.25) is 5.02 Å². The van der Waals surface area contributed by atoms with Gasteiger partial charge in [-0.2, -0.15) is 0 Å². The molecular formula is C24H19ClFNO3. The number of amides is 1. The van der Waals surface area contributed by atoms with Gasteiger partial charge in [-0.1, -0.05) is 54.1 Å². The molecule has 30 heavy (non-hydrogen) atoms. The predicted molar refractivity (Wildman–Crippen MR) is 113 cm³/mol. The standard InChI is InChI=1S/C24H19ClFNO3/c25-21-10-9-19(12-22(21)26)30-23-8-4-7-17(15-28)20(23)14-27-13-18(11-24(27)29)16-5-2-1-3-6-16/h1-10,12,15,18H,11,13-14H2. The zero-order valence-corrected chi connectivity index (χ0v) is 16.8. The molecule has 1 saturated heterocycles. The SMILES string of the molecule is O=Cc1cccc(Oc2ccc(Cl)c(F)c2)c1CN1CC(c2ccccc2)CC1=O. The van der Waals surface area contributed by atoms with E-state index in [2.05, 4.69) is 0 Å². The van der Waals surface area contributed by atoms with Crippen molar-refractivity contribution in [2.45, 2.75) is 18.9 Å². The highest BCUT2D eigenvalue weighted by atomic mass is 35.5. The highest BCUT2D eigenvalue weighted by molar-refractivity contribution is 6.30. The van der Waals surface area contributed by atoms with Crippen LogP contribution >= 0.6 is 11.6 Å². The quantitative estimate of drug-likeness (QED) is 0.485. The summed E-state index contributed by atoms with van der Waals surface area (Å²) in [6.45, 7) is 0.799. The predicted octanol–water partition coefficient (Wildman–Crippen LogP) is 5.60. The lowest BCUT2D eigenvalue weighted by molar-refractivity contribution is -0.128. The van der Waals surface area contributed by atoms with Crippen molar-refractivity contribution in [1.82, 2.24) is 4.90 Å². The third-order valence-corrected chi connectivity index (χ3v) is 5.56. The minimum atomic E-state index is -0.595. The van der Waals surface area contributed by atoms with Gasteiger partial charge in [-0.05, 0) is 23.8 Å². The van der Waals surface area contributed by atoms with E-state index >= 15 is 0 Å². The van der Waals surface area contributed by atoms with Crippen LogP contribution in [0.4, 0.5) is 4.39 Å². The second-order valence-electron chi connectivity index (χ2n) is 7.21. The summed E-state index contributed by atoms with van der Waals surface area (Å²) >= 11 is 5.74. The number of carbonyl (C=O) groups excluding carboxylic acids is 2. The summed E-state index contributed by atoms with van der Waals surface area (Å²) < 4.78 is 19.6. The molecule has 1 aliphatic rings. The van der Waals surface area contributed by atoms with Gasteiger partial charge >= 0.3 is 0 Å². The van der Waals surface area contributed by atoms with E-state index in [-0.39, 0.29) is 29.1 Å². The van der Waals surface area contributed by atoms with Crippen LogP contribution in [0.1, 0.15) is 33.8 Å². The van der Waals surface area contributed by atoms with Gasteiger partial charge in [-0.3, -0.25) is 9.59 Å². The van der Waals surface area contributed by atoms with Gasteiger partial charge in [-0.15, -0.1) is 0 Å². The topological polar surface area (TPSA) is 46.6 Å². The zero-order chi connectivity index (χ0) is 21.1. The van der Waals surface area contributed by atoms with Crippen LogP contribution in [-0.4, -0.2) is 23.6 Å². The number of halogens is 2. The van der Waals surface area contributed by atoms with Crippen molar-refractivity contribution in [2.75, 3.05) is 6.54 Å². The van der Waals surface area contributed by atoms with Gasteiger partial charge in [0.2, 0.25) is 5.91 Å². The molecule has 3 aromatic rings. The Morgan fingerprint density at radius 3 is 2.63 bits per heavy atom. The molecule has 1 atom stereocenters. The Kier molecular flexibility index (Phi) is 5.81. The lowest BCUT2D eigenvalue weighted by Gasteiger charge is -2.20. The molecule has 0 N–H and O–H groups in total. The highest BCUT2D eigenvalue weighted by Gasteiger charge is 2.31. The van der Waals surface area contributed by atoms with Crippen LogP contribution in [0.25, 0.3) is 0 Å². The van der Waals surface area contributed by atoms with Crippen molar-refractivity contribution in [3.63, 3.8) is 0 Å². The molecule has 4 rings (SSSR count). The molecule has 1 fully saturated rings. The molecular weight excluding hydrogens is 405 g/mol. The van der Waals surface area contributed by atoms with Gasteiger partial charge in [-0.25, -0.2) is 4.39 Å². The molecule has 0 spiro atoms. The molecule has 0 radical (unpaired) electrons. The van der Waals surface area contributed by atoms with Crippen LogP contribution < -0.4 is 4.74 Å². The summed E-state index contributed by atoms with van der Waals surface area (Å²) in [6, 6.07) is 19.1. The van der Waals surface area contributed by atoms with Gasteiger partial charge < -0.3 is 9.64 Å². The Morgan fingerprint density at radius 1 is 1.10 bits per heavy atom. The monoisotopic (exact) mass is 423 g/mol. The third-order valence-electron chi connectivity index (χ3n) is 5.25. The summed E-state index contributed by atoms with van der Waals surface area (Å²) in [5.41, 5.74) is 2.13. The van der Waals surface area contributed by atoms with E-state index in [0.29, 0.717) is 29.8 Å². The Balaban J connectivity index is 1.59. The number of hydrogen-bond acceptors (Lipinski definition) is 3. The van der Waals surface area contributed by atoms with Crippen molar-refractivity contribution in [3.05, 3.63) is 94.3 Å². The van der Waals surface area contributed by atoms with Gasteiger partial charge in [0, 0.05) is 36.1 Å². The molecule has 1 amide bonds. The number of ether oxygens (including phenoxy) is 1. The Bertz CT molecular complexity index is 1090. The zero-order valence-electron chi connectivity index (χ0n) is 16.1. The smallest absolute Gasteiger partial charge is 0.223 e. The maximum Gasteiger partial charge on any atom is 0.223 e. The molecule has 6 heteroatoms. The van der Waals surface area contributed by atoms with E-state index in [4.69, 9.17) is 16.3 Å². The number of likely N-dealkylation sites (tertiary alicyclic amines) is 1. The summed E-state index contributed by atoms with van der Waals surface area (Å²) in [7, 11) is 0. The molecule has 0 bridgehead atoms. The minimum absolute atomic E-state index is 0.00108. The molecule has 1 unspecified atom stereocenters. The van der Waals surface area contributed by atoms with Crippen molar-refractivity contribution in [2.24, 2.45) is 0 Å². The second kappa shape index (κ2) is 8.67. The fraction of sp³-hybridized carbons (Fsp3) is 0.167. The van der Waals surface area contributed by atoms with Crippen LogP contribution in [-0.2, 0) is 11.3 Å². The average Bonchev–Trinajstić information content (AvgIpc) is 3.13. The largest absolute Gasteiger partial charge is 0.457 e. The molecule has 152 valence electrons. The van der Waals surface area contributed by atoms with E-state index in [1.165, 1.54) is 12.1 Å². The Labute approximate surface area is 178 Å². The van der Waals surface area contributed by atoms with Crippen molar-refractivity contribution >= 4 is 23.8 Å². The van der Waals surface area contributed by atoms with Gasteiger partial charge in [0.15, 0.2) is 6.29 Å². The van der Waals surface area contributed by atoms with E-state index < -0.39 is 5.82 Å². The molecule has 0 aromatic heterocycles. The summed E-state index contributed by atoms with van der Waals surface area (Å²) in [6.07, 6.45) is 1.16. The molecule has 0 aliphatic carbocycles. The average molecular weight is 424 g/mol. The number of carbonyl (C=O) groups is 2. The fourth-order valence-electron chi connectivity index (χ4n) is 3.69. The fourth-order valence-corrected chi connectivity index (χ4v) is 3.81. The first-order chi connectivity index (χ1) is 14.5. The van der Waals surface area contributed by atoms with E-state index in [0.717, 1.165) is 11.8 Å². The van der Waals surface area contributed by atoms with Gasteiger partial charge in [0.1, 0.15) is 17.3 Å². The lowest BCUT2D eigenvalue weighted by atomic mass is 9.98. The van der Waals surface area contributed by atoms with Crippen LogP contribution in [0.3, 0.4) is 0 Å². The first kappa shape index (κ1) is 20.1. The first-order valence-corrected chi connectivity index (χ1v) is 9.95. The lowest BCUT2D eigenvalue weighted by Crippen LogP contribution is -2.25.